The molecule has 1 unspecified atom stereocenters. The Kier molecular flexibility index (Phi) is 5.84. The number of amides is 1. The molecule has 2 N–H and O–H groups in total. The van der Waals surface area contributed by atoms with Crippen LogP contribution in [0.2, 0.25) is 0 Å². The summed E-state index contributed by atoms with van der Waals surface area (Å²) in [7, 11) is 4.12. The zero-order valence-corrected chi connectivity index (χ0v) is 15.1. The van der Waals surface area contributed by atoms with E-state index in [2.05, 4.69) is 53.9 Å². The Morgan fingerprint density at radius 1 is 1.08 bits per heavy atom. The van der Waals surface area contributed by atoms with Crippen LogP contribution in [0.15, 0.2) is 48.5 Å². The lowest BCUT2D eigenvalue weighted by Crippen LogP contribution is -2.35. The number of nitrogens with zero attached hydrogens (tertiary/aromatic N) is 1. The topological polar surface area (TPSA) is 44.4 Å². The summed E-state index contributed by atoms with van der Waals surface area (Å²) in [6.45, 7) is 1.04. The number of benzene rings is 2. The Balaban J connectivity index is 1.50. The fraction of sp³-hybridized carbons (Fsp3) is 0.381. The smallest absolute Gasteiger partial charge is 0.238 e. The molecule has 0 saturated heterocycles. The minimum atomic E-state index is 0.00325. The molecule has 0 saturated carbocycles. The standard InChI is InChI=1S/C21H27N3O/c1-24(2)20(17-7-4-3-5-8-17)14-22-15-21(25)23-19-12-11-16-9-6-10-18(16)13-19/h3-5,7-8,11-13,20,22H,6,9-10,14-15H2,1-2H3,(H,23,25). The van der Waals surface area contributed by atoms with Crippen molar-refractivity contribution in [3.63, 3.8) is 0 Å². The summed E-state index contributed by atoms with van der Waals surface area (Å²) in [5.41, 5.74) is 4.95. The lowest BCUT2D eigenvalue weighted by molar-refractivity contribution is -0.115. The van der Waals surface area contributed by atoms with Gasteiger partial charge < -0.3 is 15.5 Å². The molecule has 0 heterocycles. The average Bonchev–Trinajstić information content (AvgIpc) is 3.07. The first-order valence-corrected chi connectivity index (χ1v) is 8.97. The van der Waals surface area contributed by atoms with E-state index in [9.17, 15) is 4.79 Å². The molecule has 0 fully saturated rings. The molecule has 0 aromatic heterocycles. The normalized spacial score (nSPS) is 14.4. The summed E-state index contributed by atoms with van der Waals surface area (Å²) < 4.78 is 0. The molecular formula is C21H27N3O. The van der Waals surface area contributed by atoms with Crippen LogP contribution in [0.1, 0.15) is 29.2 Å². The zero-order valence-electron chi connectivity index (χ0n) is 15.1. The number of nitrogens with one attached hydrogen (secondary N) is 2. The molecular weight excluding hydrogens is 310 g/mol. The highest BCUT2D eigenvalue weighted by Crippen LogP contribution is 2.24. The monoisotopic (exact) mass is 337 g/mol. The highest BCUT2D eigenvalue weighted by molar-refractivity contribution is 5.92. The van der Waals surface area contributed by atoms with E-state index < -0.39 is 0 Å². The van der Waals surface area contributed by atoms with E-state index in [4.69, 9.17) is 0 Å². The van der Waals surface area contributed by atoms with Crippen molar-refractivity contribution in [2.45, 2.75) is 25.3 Å². The number of likely N-dealkylation sites (N-methyl/N-ethyl adjacent to an activating group) is 1. The van der Waals surface area contributed by atoms with Gasteiger partial charge in [-0.1, -0.05) is 36.4 Å². The van der Waals surface area contributed by atoms with E-state index in [1.54, 1.807) is 0 Å². The maximum absolute atomic E-state index is 12.2. The molecule has 132 valence electrons. The van der Waals surface area contributed by atoms with Gasteiger partial charge in [0.25, 0.3) is 0 Å². The van der Waals surface area contributed by atoms with Gasteiger partial charge >= 0.3 is 0 Å². The minimum absolute atomic E-state index is 0.00325. The van der Waals surface area contributed by atoms with E-state index >= 15 is 0 Å². The van der Waals surface area contributed by atoms with Crippen LogP contribution in [-0.4, -0.2) is 38.0 Å². The molecule has 2 aromatic carbocycles. The summed E-state index contributed by atoms with van der Waals surface area (Å²) in [6, 6.07) is 16.9. The fourth-order valence-electron chi connectivity index (χ4n) is 3.45. The molecule has 0 aliphatic heterocycles. The van der Waals surface area contributed by atoms with E-state index in [-0.39, 0.29) is 11.9 Å². The zero-order chi connectivity index (χ0) is 17.6. The third kappa shape index (κ3) is 4.68. The summed E-state index contributed by atoms with van der Waals surface area (Å²) in [5, 5.41) is 6.28. The molecule has 0 radical (unpaired) electrons. The van der Waals surface area contributed by atoms with Gasteiger partial charge in [0.15, 0.2) is 0 Å². The molecule has 3 rings (SSSR count). The molecule has 25 heavy (non-hydrogen) atoms. The molecule has 1 amide bonds. The quantitative estimate of drug-likeness (QED) is 0.816. The SMILES string of the molecule is CN(C)C(CNCC(=O)Nc1ccc2c(c1)CCC2)c1ccccc1. The van der Waals surface area contributed by atoms with Crippen LogP contribution in [0.3, 0.4) is 0 Å². The highest BCUT2D eigenvalue weighted by atomic mass is 16.1. The van der Waals surface area contributed by atoms with Gasteiger partial charge in [0.05, 0.1) is 6.54 Å². The number of aryl methyl sites for hydroxylation is 2. The van der Waals surface area contributed by atoms with E-state index in [1.807, 2.05) is 24.3 Å². The van der Waals surface area contributed by atoms with Gasteiger partial charge in [0.2, 0.25) is 5.91 Å². The Morgan fingerprint density at radius 2 is 1.84 bits per heavy atom. The van der Waals surface area contributed by atoms with Crippen molar-refractivity contribution < 1.29 is 4.79 Å². The van der Waals surface area contributed by atoms with Crippen LogP contribution >= 0.6 is 0 Å². The number of anilines is 1. The molecule has 1 atom stereocenters. The lowest BCUT2D eigenvalue weighted by Gasteiger charge is -2.25. The lowest BCUT2D eigenvalue weighted by atomic mass is 10.1. The maximum Gasteiger partial charge on any atom is 0.238 e. The van der Waals surface area contributed by atoms with Crippen LogP contribution < -0.4 is 10.6 Å². The molecule has 0 spiro atoms. The van der Waals surface area contributed by atoms with Gasteiger partial charge in [0.1, 0.15) is 0 Å². The van der Waals surface area contributed by atoms with Crippen molar-refractivity contribution in [2.24, 2.45) is 0 Å². The van der Waals surface area contributed by atoms with Gasteiger partial charge in [-0.05, 0) is 62.2 Å². The number of carbonyl (C=O) groups is 1. The summed E-state index contributed by atoms with van der Waals surface area (Å²) in [5.74, 6) is 0.00325. The van der Waals surface area contributed by atoms with Crippen molar-refractivity contribution in [1.29, 1.82) is 0 Å². The first kappa shape index (κ1) is 17.6. The minimum Gasteiger partial charge on any atom is -0.325 e. The van der Waals surface area contributed by atoms with Crippen LogP contribution in [0.5, 0.6) is 0 Å². The molecule has 4 heteroatoms. The summed E-state index contributed by atoms with van der Waals surface area (Å²) in [6.07, 6.45) is 3.51. The van der Waals surface area contributed by atoms with E-state index in [1.165, 1.54) is 23.1 Å². The van der Waals surface area contributed by atoms with Crippen LogP contribution in [-0.2, 0) is 17.6 Å². The second-order valence-electron chi connectivity index (χ2n) is 6.91. The van der Waals surface area contributed by atoms with Crippen molar-refractivity contribution in [2.75, 3.05) is 32.5 Å². The van der Waals surface area contributed by atoms with Gasteiger partial charge in [0, 0.05) is 18.3 Å². The Morgan fingerprint density at radius 3 is 2.60 bits per heavy atom. The second kappa shape index (κ2) is 8.28. The predicted molar refractivity (Wildman–Crippen MR) is 103 cm³/mol. The highest BCUT2D eigenvalue weighted by Gasteiger charge is 2.15. The van der Waals surface area contributed by atoms with Crippen LogP contribution in [0.4, 0.5) is 5.69 Å². The predicted octanol–water partition coefficient (Wildman–Crippen LogP) is 3.01. The Hall–Kier alpha value is -2.17. The summed E-state index contributed by atoms with van der Waals surface area (Å²) >= 11 is 0. The first-order chi connectivity index (χ1) is 12.1. The van der Waals surface area contributed by atoms with E-state index in [0.29, 0.717) is 6.54 Å². The van der Waals surface area contributed by atoms with Gasteiger partial charge in [-0.25, -0.2) is 0 Å². The first-order valence-electron chi connectivity index (χ1n) is 8.97. The van der Waals surface area contributed by atoms with Gasteiger partial charge in [-0.15, -0.1) is 0 Å². The molecule has 2 aromatic rings. The largest absolute Gasteiger partial charge is 0.325 e. The number of hydrogen-bond donors (Lipinski definition) is 2. The Bertz CT molecular complexity index is 712. The van der Waals surface area contributed by atoms with Gasteiger partial charge in [-0.3, -0.25) is 4.79 Å². The average molecular weight is 337 g/mol. The third-order valence-corrected chi connectivity index (χ3v) is 4.81. The number of carbonyl (C=O) groups excluding carboxylic acids is 1. The third-order valence-electron chi connectivity index (χ3n) is 4.81. The van der Waals surface area contributed by atoms with Crippen molar-refractivity contribution in [1.82, 2.24) is 10.2 Å². The molecule has 0 bridgehead atoms. The molecule has 1 aliphatic rings. The number of fused-ring (bicyclic) bond motifs is 1. The van der Waals surface area contributed by atoms with E-state index in [0.717, 1.165) is 25.1 Å². The fourth-order valence-corrected chi connectivity index (χ4v) is 3.45. The summed E-state index contributed by atoms with van der Waals surface area (Å²) in [4.78, 5) is 14.4. The van der Waals surface area contributed by atoms with Crippen LogP contribution in [0.25, 0.3) is 0 Å². The van der Waals surface area contributed by atoms with Gasteiger partial charge in [-0.2, -0.15) is 0 Å². The second-order valence-corrected chi connectivity index (χ2v) is 6.91. The van der Waals surface area contributed by atoms with Crippen molar-refractivity contribution >= 4 is 11.6 Å². The molecule has 4 nitrogen and oxygen atoms in total. The Labute approximate surface area is 150 Å². The number of hydrogen-bond acceptors (Lipinski definition) is 3. The molecule has 1 aliphatic carbocycles. The number of rotatable bonds is 7. The van der Waals surface area contributed by atoms with Crippen molar-refractivity contribution in [3.05, 3.63) is 65.2 Å². The maximum atomic E-state index is 12.2. The van der Waals surface area contributed by atoms with Crippen molar-refractivity contribution in [3.8, 4) is 0 Å². The van der Waals surface area contributed by atoms with Crippen LogP contribution in [0, 0.1) is 0 Å².